The van der Waals surface area contributed by atoms with E-state index < -0.39 is 0 Å². The Labute approximate surface area is 143 Å². The summed E-state index contributed by atoms with van der Waals surface area (Å²) in [6.07, 6.45) is 0. The maximum Gasteiger partial charge on any atom is 0.323 e. The zero-order valence-electron chi connectivity index (χ0n) is 11.0. The second-order valence-corrected chi connectivity index (χ2v) is 7.01. The number of imidazole rings is 1. The standard InChI is InChI=1S/C15H11Br2ClN2O/c1-7-4-8(2-3-10(7)16)14(18)9-5-12-13(6-11(9)17)20-15(21)19-12/h2-6,14H,1H3,(H2,19,20,21). The average molecular weight is 431 g/mol. The maximum atomic E-state index is 11.4. The van der Waals surface area contributed by atoms with Gasteiger partial charge in [-0.1, -0.05) is 44.0 Å². The van der Waals surface area contributed by atoms with Gasteiger partial charge in [0.05, 0.1) is 16.4 Å². The Kier molecular flexibility index (Phi) is 3.99. The normalized spacial score (nSPS) is 12.8. The van der Waals surface area contributed by atoms with Gasteiger partial charge in [-0.05, 0) is 41.8 Å². The van der Waals surface area contributed by atoms with Gasteiger partial charge < -0.3 is 9.97 Å². The molecule has 2 N–H and O–H groups in total. The lowest BCUT2D eigenvalue weighted by Crippen LogP contribution is -1.99. The van der Waals surface area contributed by atoms with Crippen LogP contribution in [0.1, 0.15) is 22.1 Å². The molecule has 3 nitrogen and oxygen atoms in total. The quantitative estimate of drug-likeness (QED) is 0.551. The van der Waals surface area contributed by atoms with Crippen molar-refractivity contribution in [1.82, 2.24) is 9.97 Å². The summed E-state index contributed by atoms with van der Waals surface area (Å²) in [6, 6.07) is 9.80. The van der Waals surface area contributed by atoms with Crippen molar-refractivity contribution in [2.24, 2.45) is 0 Å². The maximum absolute atomic E-state index is 11.4. The molecule has 0 spiro atoms. The largest absolute Gasteiger partial charge is 0.323 e. The first kappa shape index (κ1) is 14.9. The Bertz CT molecular complexity index is 885. The molecule has 1 unspecified atom stereocenters. The van der Waals surface area contributed by atoms with E-state index in [-0.39, 0.29) is 11.1 Å². The van der Waals surface area contributed by atoms with E-state index in [0.29, 0.717) is 0 Å². The number of fused-ring (bicyclic) bond motifs is 1. The second kappa shape index (κ2) is 5.63. The highest BCUT2D eigenvalue weighted by Gasteiger charge is 2.16. The fourth-order valence-corrected chi connectivity index (χ4v) is 3.54. The highest BCUT2D eigenvalue weighted by molar-refractivity contribution is 9.10. The summed E-state index contributed by atoms with van der Waals surface area (Å²) in [5, 5.41) is -0.297. The lowest BCUT2D eigenvalue weighted by molar-refractivity contribution is 1.12. The van der Waals surface area contributed by atoms with E-state index in [1.807, 2.05) is 31.2 Å². The fourth-order valence-electron chi connectivity index (χ4n) is 2.27. The third-order valence-electron chi connectivity index (χ3n) is 3.38. The second-order valence-electron chi connectivity index (χ2n) is 4.87. The smallest absolute Gasteiger partial charge is 0.306 e. The van der Waals surface area contributed by atoms with Crippen molar-refractivity contribution in [3.05, 3.63) is 66.5 Å². The van der Waals surface area contributed by atoms with Crippen molar-refractivity contribution < 1.29 is 0 Å². The van der Waals surface area contributed by atoms with Crippen LogP contribution in [0.5, 0.6) is 0 Å². The summed E-state index contributed by atoms with van der Waals surface area (Å²) in [5.41, 5.74) is 4.34. The van der Waals surface area contributed by atoms with E-state index in [2.05, 4.69) is 47.9 Å². The predicted molar refractivity (Wildman–Crippen MR) is 93.2 cm³/mol. The molecule has 2 aromatic carbocycles. The number of H-pyrrole nitrogens is 2. The molecule has 3 aromatic rings. The van der Waals surface area contributed by atoms with Crippen LogP contribution in [0.2, 0.25) is 0 Å². The first-order valence-electron chi connectivity index (χ1n) is 6.27. The van der Waals surface area contributed by atoms with Crippen LogP contribution in [0.4, 0.5) is 0 Å². The number of hydrogen-bond donors (Lipinski definition) is 2. The number of halogens is 3. The molecule has 1 aromatic heterocycles. The number of aromatic amines is 2. The van der Waals surface area contributed by atoms with Gasteiger partial charge in [-0.3, -0.25) is 0 Å². The number of aromatic nitrogens is 2. The number of aryl methyl sites for hydroxylation is 1. The van der Waals surface area contributed by atoms with E-state index in [4.69, 9.17) is 11.6 Å². The SMILES string of the molecule is Cc1cc(C(Cl)c2cc3[nH]c(=O)[nH]c3cc2Br)ccc1Br. The first-order valence-corrected chi connectivity index (χ1v) is 8.29. The van der Waals surface area contributed by atoms with Crippen LogP contribution in [0.3, 0.4) is 0 Å². The lowest BCUT2D eigenvalue weighted by atomic mass is 10.0. The van der Waals surface area contributed by atoms with Crippen LogP contribution in [0, 0.1) is 6.92 Å². The van der Waals surface area contributed by atoms with Crippen LogP contribution < -0.4 is 5.69 Å². The molecule has 108 valence electrons. The predicted octanol–water partition coefficient (Wildman–Crippen LogP) is 5.02. The minimum Gasteiger partial charge on any atom is -0.306 e. The number of alkyl halides is 1. The lowest BCUT2D eigenvalue weighted by Gasteiger charge is -2.14. The average Bonchev–Trinajstić information content (AvgIpc) is 2.79. The van der Waals surface area contributed by atoms with E-state index in [1.165, 1.54) is 0 Å². The Morgan fingerprint density at radius 2 is 1.71 bits per heavy atom. The topological polar surface area (TPSA) is 48.6 Å². The molecule has 6 heteroatoms. The zero-order valence-corrected chi connectivity index (χ0v) is 14.9. The van der Waals surface area contributed by atoms with Gasteiger partial charge in [0.25, 0.3) is 0 Å². The van der Waals surface area contributed by atoms with Crippen LogP contribution >= 0.6 is 43.5 Å². The highest BCUT2D eigenvalue weighted by atomic mass is 79.9. The van der Waals surface area contributed by atoms with Crippen molar-refractivity contribution in [2.75, 3.05) is 0 Å². The molecule has 0 saturated carbocycles. The number of hydrogen-bond acceptors (Lipinski definition) is 1. The van der Waals surface area contributed by atoms with Gasteiger partial charge in [-0.25, -0.2) is 4.79 Å². The van der Waals surface area contributed by atoms with Crippen LogP contribution in [-0.2, 0) is 0 Å². The number of rotatable bonds is 2. The minimum absolute atomic E-state index is 0.223. The molecule has 1 atom stereocenters. The van der Waals surface area contributed by atoms with Crippen molar-refractivity contribution in [2.45, 2.75) is 12.3 Å². The van der Waals surface area contributed by atoms with Gasteiger partial charge >= 0.3 is 5.69 Å². The number of benzene rings is 2. The molecule has 3 rings (SSSR count). The molecule has 0 bridgehead atoms. The van der Waals surface area contributed by atoms with Crippen molar-refractivity contribution >= 4 is 54.5 Å². The summed E-state index contributed by atoms with van der Waals surface area (Å²) in [4.78, 5) is 16.9. The van der Waals surface area contributed by atoms with Crippen molar-refractivity contribution in [1.29, 1.82) is 0 Å². The van der Waals surface area contributed by atoms with Crippen LogP contribution in [-0.4, -0.2) is 9.97 Å². The molecule has 0 aliphatic heterocycles. The van der Waals surface area contributed by atoms with Gasteiger partial charge in [0.1, 0.15) is 0 Å². The third-order valence-corrected chi connectivity index (χ3v) is 5.44. The molecule has 0 aliphatic rings. The van der Waals surface area contributed by atoms with E-state index in [0.717, 1.165) is 36.7 Å². The van der Waals surface area contributed by atoms with Crippen molar-refractivity contribution in [3.8, 4) is 0 Å². The Morgan fingerprint density at radius 1 is 1.05 bits per heavy atom. The van der Waals surface area contributed by atoms with Gasteiger partial charge in [-0.15, -0.1) is 11.6 Å². The summed E-state index contributed by atoms with van der Waals surface area (Å²) in [6.45, 7) is 2.03. The van der Waals surface area contributed by atoms with Crippen molar-refractivity contribution in [3.63, 3.8) is 0 Å². The zero-order chi connectivity index (χ0) is 15.1. The van der Waals surface area contributed by atoms with E-state index in [1.54, 1.807) is 0 Å². The third kappa shape index (κ3) is 2.82. The molecule has 0 aliphatic carbocycles. The van der Waals surface area contributed by atoms with Gasteiger partial charge in [0.2, 0.25) is 0 Å². The summed E-state index contributed by atoms with van der Waals surface area (Å²) in [7, 11) is 0. The van der Waals surface area contributed by atoms with Gasteiger partial charge in [-0.2, -0.15) is 0 Å². The first-order chi connectivity index (χ1) is 9.95. The Balaban J connectivity index is 2.11. The summed E-state index contributed by atoms with van der Waals surface area (Å²) in [5.74, 6) is 0. The van der Waals surface area contributed by atoms with Crippen LogP contribution in [0.25, 0.3) is 11.0 Å². The van der Waals surface area contributed by atoms with E-state index in [9.17, 15) is 4.79 Å². The molecular weight excluding hydrogens is 419 g/mol. The summed E-state index contributed by atoms with van der Waals surface area (Å²) >= 11 is 13.6. The van der Waals surface area contributed by atoms with Gasteiger partial charge in [0.15, 0.2) is 0 Å². The molecule has 21 heavy (non-hydrogen) atoms. The van der Waals surface area contributed by atoms with Crippen LogP contribution in [0.15, 0.2) is 44.1 Å². The molecule has 0 radical (unpaired) electrons. The Morgan fingerprint density at radius 3 is 2.38 bits per heavy atom. The Hall–Kier alpha value is -1.04. The van der Waals surface area contributed by atoms with E-state index >= 15 is 0 Å². The molecule has 0 fully saturated rings. The monoisotopic (exact) mass is 428 g/mol. The molecule has 0 saturated heterocycles. The summed E-state index contributed by atoms with van der Waals surface area (Å²) < 4.78 is 1.92. The molecule has 0 amide bonds. The molecular formula is C15H11Br2ClN2O. The fraction of sp³-hybridized carbons (Fsp3) is 0.133. The minimum atomic E-state index is -0.297. The molecule has 1 heterocycles. The van der Waals surface area contributed by atoms with Gasteiger partial charge in [0, 0.05) is 8.95 Å². The number of nitrogens with one attached hydrogen (secondary N) is 2. The highest BCUT2D eigenvalue weighted by Crippen LogP contribution is 2.36.